The van der Waals surface area contributed by atoms with Crippen molar-refractivity contribution in [2.75, 3.05) is 6.54 Å². The van der Waals surface area contributed by atoms with E-state index in [1.807, 2.05) is 18.2 Å². The van der Waals surface area contributed by atoms with Crippen molar-refractivity contribution in [1.29, 1.82) is 0 Å². The summed E-state index contributed by atoms with van der Waals surface area (Å²) in [7, 11) is 0. The van der Waals surface area contributed by atoms with Crippen molar-refractivity contribution in [2.24, 2.45) is 5.73 Å². The van der Waals surface area contributed by atoms with E-state index in [1.165, 1.54) is 10.9 Å². The number of rotatable bonds is 2. The lowest BCUT2D eigenvalue weighted by atomic mass is 9.86. The van der Waals surface area contributed by atoms with E-state index in [1.54, 1.807) is 0 Å². The number of para-hydroxylation sites is 1. The predicted molar refractivity (Wildman–Crippen MR) is 68.6 cm³/mol. The molecule has 2 rings (SSSR count). The summed E-state index contributed by atoms with van der Waals surface area (Å²) in [6.07, 6.45) is 0. The summed E-state index contributed by atoms with van der Waals surface area (Å²) in [6, 6.07) is 10.4. The van der Waals surface area contributed by atoms with E-state index in [-0.39, 0.29) is 5.41 Å². The third-order valence-corrected chi connectivity index (χ3v) is 3.07. The zero-order valence-corrected chi connectivity index (χ0v) is 10.1. The molecule has 0 amide bonds. The van der Waals surface area contributed by atoms with E-state index >= 15 is 0 Å². The Balaban J connectivity index is 2.67. The SMILES string of the molecule is Cc1cc2ccccc2nc1C(C)(C)CN. The molecule has 1 heterocycles. The van der Waals surface area contributed by atoms with E-state index in [9.17, 15) is 0 Å². The quantitative estimate of drug-likeness (QED) is 0.835. The Labute approximate surface area is 96.5 Å². The van der Waals surface area contributed by atoms with Gasteiger partial charge in [0.1, 0.15) is 0 Å². The van der Waals surface area contributed by atoms with Crippen molar-refractivity contribution in [2.45, 2.75) is 26.2 Å². The average Bonchev–Trinajstić information content (AvgIpc) is 2.28. The Morgan fingerprint density at radius 3 is 2.62 bits per heavy atom. The van der Waals surface area contributed by atoms with Gasteiger partial charge in [0, 0.05) is 17.3 Å². The maximum atomic E-state index is 5.81. The highest BCUT2D eigenvalue weighted by molar-refractivity contribution is 5.79. The second-order valence-corrected chi connectivity index (χ2v) is 4.93. The van der Waals surface area contributed by atoms with Crippen LogP contribution in [0.4, 0.5) is 0 Å². The maximum Gasteiger partial charge on any atom is 0.0705 e. The molecule has 0 spiro atoms. The van der Waals surface area contributed by atoms with Crippen molar-refractivity contribution >= 4 is 10.9 Å². The molecule has 0 saturated heterocycles. The van der Waals surface area contributed by atoms with Gasteiger partial charge >= 0.3 is 0 Å². The minimum Gasteiger partial charge on any atom is -0.330 e. The summed E-state index contributed by atoms with van der Waals surface area (Å²) in [5.41, 5.74) is 9.12. The highest BCUT2D eigenvalue weighted by atomic mass is 14.7. The first-order valence-corrected chi connectivity index (χ1v) is 5.61. The molecule has 16 heavy (non-hydrogen) atoms. The van der Waals surface area contributed by atoms with Crippen LogP contribution < -0.4 is 5.73 Å². The van der Waals surface area contributed by atoms with E-state index < -0.39 is 0 Å². The Hall–Kier alpha value is -1.41. The van der Waals surface area contributed by atoms with Gasteiger partial charge in [0.15, 0.2) is 0 Å². The van der Waals surface area contributed by atoms with E-state index in [0.717, 1.165) is 11.2 Å². The number of nitrogens with zero attached hydrogens (tertiary/aromatic N) is 1. The normalized spacial score (nSPS) is 12.0. The minimum atomic E-state index is -0.0614. The first kappa shape index (κ1) is 11.1. The minimum absolute atomic E-state index is 0.0614. The van der Waals surface area contributed by atoms with Crippen molar-refractivity contribution < 1.29 is 0 Å². The lowest BCUT2D eigenvalue weighted by molar-refractivity contribution is 0.520. The molecule has 0 saturated carbocycles. The van der Waals surface area contributed by atoms with Crippen LogP contribution in [0.1, 0.15) is 25.1 Å². The van der Waals surface area contributed by atoms with Gasteiger partial charge in [-0.15, -0.1) is 0 Å². The Bertz CT molecular complexity index is 515. The monoisotopic (exact) mass is 214 g/mol. The molecule has 2 nitrogen and oxygen atoms in total. The highest BCUT2D eigenvalue weighted by Crippen LogP contribution is 2.26. The zero-order valence-electron chi connectivity index (χ0n) is 10.1. The molecule has 1 aromatic carbocycles. The fourth-order valence-electron chi connectivity index (χ4n) is 2.00. The molecule has 2 N–H and O–H groups in total. The van der Waals surface area contributed by atoms with Gasteiger partial charge in [-0.05, 0) is 24.6 Å². The summed E-state index contributed by atoms with van der Waals surface area (Å²) in [6.45, 7) is 6.99. The van der Waals surface area contributed by atoms with Crippen molar-refractivity contribution in [1.82, 2.24) is 4.98 Å². The molecule has 0 bridgehead atoms. The Morgan fingerprint density at radius 2 is 1.94 bits per heavy atom. The molecule has 0 aliphatic rings. The lowest BCUT2D eigenvalue weighted by Gasteiger charge is -2.24. The summed E-state index contributed by atoms with van der Waals surface area (Å²) in [5.74, 6) is 0. The second-order valence-electron chi connectivity index (χ2n) is 4.93. The average molecular weight is 214 g/mol. The molecule has 0 aliphatic carbocycles. The summed E-state index contributed by atoms with van der Waals surface area (Å²) in [5, 5.41) is 1.19. The molecule has 2 aromatic rings. The van der Waals surface area contributed by atoms with E-state index in [4.69, 9.17) is 10.7 Å². The van der Waals surface area contributed by atoms with Gasteiger partial charge < -0.3 is 5.73 Å². The smallest absolute Gasteiger partial charge is 0.0705 e. The van der Waals surface area contributed by atoms with Gasteiger partial charge in [-0.25, -0.2) is 0 Å². The Morgan fingerprint density at radius 1 is 1.25 bits per heavy atom. The van der Waals surface area contributed by atoms with Gasteiger partial charge in [0.25, 0.3) is 0 Å². The van der Waals surface area contributed by atoms with Crippen LogP contribution >= 0.6 is 0 Å². The third-order valence-electron chi connectivity index (χ3n) is 3.07. The number of fused-ring (bicyclic) bond motifs is 1. The van der Waals surface area contributed by atoms with E-state index in [2.05, 4.69) is 32.9 Å². The number of hydrogen-bond donors (Lipinski definition) is 1. The molecule has 84 valence electrons. The first-order valence-electron chi connectivity index (χ1n) is 5.61. The summed E-state index contributed by atoms with van der Waals surface area (Å²) >= 11 is 0. The van der Waals surface area contributed by atoms with Crippen LogP contribution in [0.2, 0.25) is 0 Å². The molecular formula is C14H18N2. The van der Waals surface area contributed by atoms with Crippen molar-refractivity contribution in [3.8, 4) is 0 Å². The van der Waals surface area contributed by atoms with Crippen LogP contribution in [0.3, 0.4) is 0 Å². The number of aryl methyl sites for hydroxylation is 1. The molecule has 0 fully saturated rings. The molecular weight excluding hydrogens is 196 g/mol. The number of aromatic nitrogens is 1. The fraction of sp³-hybridized carbons (Fsp3) is 0.357. The zero-order chi connectivity index (χ0) is 11.8. The number of benzene rings is 1. The van der Waals surface area contributed by atoms with Crippen LogP contribution in [-0.4, -0.2) is 11.5 Å². The standard InChI is InChI=1S/C14H18N2/c1-10-8-11-6-4-5-7-12(11)16-13(10)14(2,3)9-15/h4-8H,9,15H2,1-3H3. The van der Waals surface area contributed by atoms with Crippen molar-refractivity contribution in [3.05, 3.63) is 41.6 Å². The molecule has 0 atom stereocenters. The number of hydrogen-bond acceptors (Lipinski definition) is 2. The van der Waals surface area contributed by atoms with Crippen LogP contribution in [0.25, 0.3) is 10.9 Å². The lowest BCUT2D eigenvalue weighted by Crippen LogP contribution is -2.30. The Kier molecular flexibility index (Phi) is 2.68. The fourth-order valence-corrected chi connectivity index (χ4v) is 2.00. The highest BCUT2D eigenvalue weighted by Gasteiger charge is 2.22. The van der Waals surface area contributed by atoms with Gasteiger partial charge in [0.05, 0.1) is 11.2 Å². The second kappa shape index (κ2) is 3.87. The summed E-state index contributed by atoms with van der Waals surface area (Å²) in [4.78, 5) is 4.74. The number of nitrogens with two attached hydrogens (primary N) is 1. The molecule has 0 aliphatic heterocycles. The van der Waals surface area contributed by atoms with Crippen LogP contribution in [-0.2, 0) is 5.41 Å². The number of pyridine rings is 1. The van der Waals surface area contributed by atoms with Crippen LogP contribution in [0.5, 0.6) is 0 Å². The molecule has 2 heteroatoms. The van der Waals surface area contributed by atoms with Crippen LogP contribution in [0, 0.1) is 6.92 Å². The van der Waals surface area contributed by atoms with Gasteiger partial charge in [-0.2, -0.15) is 0 Å². The van der Waals surface area contributed by atoms with Gasteiger partial charge in [-0.3, -0.25) is 4.98 Å². The predicted octanol–water partition coefficient (Wildman–Crippen LogP) is 2.78. The first-order chi connectivity index (χ1) is 7.54. The third kappa shape index (κ3) is 1.81. The summed E-state index contributed by atoms with van der Waals surface area (Å²) < 4.78 is 0. The maximum absolute atomic E-state index is 5.81. The van der Waals surface area contributed by atoms with Gasteiger partial charge in [0.2, 0.25) is 0 Å². The molecule has 1 aromatic heterocycles. The van der Waals surface area contributed by atoms with Crippen molar-refractivity contribution in [3.63, 3.8) is 0 Å². The molecule has 0 unspecified atom stereocenters. The van der Waals surface area contributed by atoms with Gasteiger partial charge in [-0.1, -0.05) is 32.0 Å². The topological polar surface area (TPSA) is 38.9 Å². The van der Waals surface area contributed by atoms with E-state index in [0.29, 0.717) is 6.54 Å². The molecule has 0 radical (unpaired) electrons. The van der Waals surface area contributed by atoms with Crippen LogP contribution in [0.15, 0.2) is 30.3 Å². The largest absolute Gasteiger partial charge is 0.330 e.